The van der Waals surface area contributed by atoms with Crippen molar-refractivity contribution in [3.05, 3.63) is 40.1 Å². The maximum absolute atomic E-state index is 11.0. The third kappa shape index (κ3) is 3.21. The van der Waals surface area contributed by atoms with E-state index in [1.165, 1.54) is 23.1 Å². The fourth-order valence-electron chi connectivity index (χ4n) is 1.60. The molecule has 2 aromatic rings. The van der Waals surface area contributed by atoms with E-state index in [4.69, 9.17) is 15.6 Å². The predicted octanol–water partition coefficient (Wildman–Crippen LogP) is 3.33. The summed E-state index contributed by atoms with van der Waals surface area (Å²) in [7, 11) is 1.59. The highest BCUT2D eigenvalue weighted by Gasteiger charge is 2.12. The van der Waals surface area contributed by atoms with Gasteiger partial charge in [-0.2, -0.15) is 0 Å². The smallest absolute Gasteiger partial charge is 0.346 e. The Bertz CT molecular complexity index is 595. The second-order valence-electron chi connectivity index (χ2n) is 3.78. The molecule has 0 amide bonds. The zero-order valence-corrected chi connectivity index (χ0v) is 11.9. The summed E-state index contributed by atoms with van der Waals surface area (Å²) >= 11 is 2.77. The summed E-state index contributed by atoms with van der Waals surface area (Å²) in [6.07, 6.45) is 0. The van der Waals surface area contributed by atoms with Crippen LogP contribution < -0.4 is 10.5 Å². The van der Waals surface area contributed by atoms with Gasteiger partial charge in [0.25, 0.3) is 0 Å². The standard InChI is InChI=1S/C13H13NO3S2/c1-17-10-6-9(14)2-3-11(10)19-7-8-4-5-18-12(8)13(15)16/h2-6H,7,14H2,1H3,(H,15,16). The summed E-state index contributed by atoms with van der Waals surface area (Å²) in [5.74, 6) is 0.415. The number of methoxy groups -OCH3 is 1. The van der Waals surface area contributed by atoms with E-state index in [1.54, 1.807) is 24.6 Å². The van der Waals surface area contributed by atoms with Gasteiger partial charge in [-0.3, -0.25) is 0 Å². The zero-order chi connectivity index (χ0) is 13.8. The molecule has 0 unspecified atom stereocenters. The van der Waals surface area contributed by atoms with Crippen LogP contribution in [0.15, 0.2) is 34.5 Å². The highest BCUT2D eigenvalue weighted by molar-refractivity contribution is 7.98. The lowest BCUT2D eigenvalue weighted by molar-refractivity contribution is 0.0701. The molecule has 0 saturated heterocycles. The van der Waals surface area contributed by atoms with Gasteiger partial charge in [-0.05, 0) is 29.1 Å². The average molecular weight is 295 g/mol. The minimum Gasteiger partial charge on any atom is -0.496 e. The van der Waals surface area contributed by atoms with E-state index in [9.17, 15) is 4.79 Å². The van der Waals surface area contributed by atoms with Crippen molar-refractivity contribution < 1.29 is 14.6 Å². The SMILES string of the molecule is COc1cc(N)ccc1SCc1ccsc1C(=O)O. The molecule has 0 atom stereocenters. The number of ether oxygens (including phenoxy) is 1. The molecule has 0 radical (unpaired) electrons. The molecule has 6 heteroatoms. The van der Waals surface area contributed by atoms with Crippen LogP contribution in [-0.2, 0) is 5.75 Å². The number of carbonyl (C=O) groups is 1. The van der Waals surface area contributed by atoms with Crippen molar-refractivity contribution in [3.63, 3.8) is 0 Å². The molecule has 0 fully saturated rings. The molecule has 19 heavy (non-hydrogen) atoms. The summed E-state index contributed by atoms with van der Waals surface area (Å²) in [6, 6.07) is 7.28. The molecular formula is C13H13NO3S2. The minimum absolute atomic E-state index is 0.391. The molecule has 0 saturated carbocycles. The van der Waals surface area contributed by atoms with Crippen molar-refractivity contribution in [2.75, 3.05) is 12.8 Å². The lowest BCUT2D eigenvalue weighted by Gasteiger charge is -2.08. The molecule has 0 aliphatic carbocycles. The Morgan fingerprint density at radius 3 is 2.95 bits per heavy atom. The lowest BCUT2D eigenvalue weighted by atomic mass is 10.3. The third-order valence-corrected chi connectivity index (χ3v) is 4.56. The zero-order valence-electron chi connectivity index (χ0n) is 10.3. The van der Waals surface area contributed by atoms with Crippen LogP contribution in [0.1, 0.15) is 15.2 Å². The number of thioether (sulfide) groups is 1. The first-order valence-electron chi connectivity index (χ1n) is 5.47. The Kier molecular flexibility index (Phi) is 4.34. The summed E-state index contributed by atoms with van der Waals surface area (Å²) < 4.78 is 5.26. The molecule has 3 N–H and O–H groups in total. The predicted molar refractivity (Wildman–Crippen MR) is 78.2 cm³/mol. The summed E-state index contributed by atoms with van der Waals surface area (Å²) in [5.41, 5.74) is 7.15. The monoisotopic (exact) mass is 295 g/mol. The molecule has 0 aliphatic rings. The molecular weight excluding hydrogens is 282 g/mol. The van der Waals surface area contributed by atoms with Gasteiger partial charge in [0.1, 0.15) is 10.6 Å². The number of carboxylic acids is 1. The largest absolute Gasteiger partial charge is 0.496 e. The number of nitrogens with two attached hydrogens (primary N) is 1. The van der Waals surface area contributed by atoms with Crippen LogP contribution in [-0.4, -0.2) is 18.2 Å². The molecule has 4 nitrogen and oxygen atoms in total. The maximum atomic E-state index is 11.0. The fraction of sp³-hybridized carbons (Fsp3) is 0.154. The van der Waals surface area contributed by atoms with Crippen LogP contribution in [0.2, 0.25) is 0 Å². The summed E-state index contributed by atoms with van der Waals surface area (Å²) in [4.78, 5) is 12.4. The number of benzene rings is 1. The van der Waals surface area contributed by atoms with Crippen molar-refractivity contribution in [2.45, 2.75) is 10.6 Å². The van der Waals surface area contributed by atoms with Gasteiger partial charge in [-0.15, -0.1) is 23.1 Å². The molecule has 1 heterocycles. The van der Waals surface area contributed by atoms with Gasteiger partial charge in [0.15, 0.2) is 0 Å². The first-order valence-corrected chi connectivity index (χ1v) is 7.34. The number of carboxylic acid groups (broad SMARTS) is 1. The summed E-state index contributed by atoms with van der Waals surface area (Å²) in [6.45, 7) is 0. The molecule has 0 bridgehead atoms. The lowest BCUT2D eigenvalue weighted by Crippen LogP contribution is -1.96. The highest BCUT2D eigenvalue weighted by atomic mass is 32.2. The molecule has 1 aromatic carbocycles. The normalized spacial score (nSPS) is 10.4. The number of thiophene rings is 1. The second kappa shape index (κ2) is 5.99. The maximum Gasteiger partial charge on any atom is 0.346 e. The Balaban J connectivity index is 2.14. The van der Waals surface area contributed by atoms with E-state index in [0.29, 0.717) is 22.1 Å². The van der Waals surface area contributed by atoms with Gasteiger partial charge in [0, 0.05) is 22.4 Å². The Morgan fingerprint density at radius 2 is 2.26 bits per heavy atom. The van der Waals surface area contributed by atoms with E-state index in [-0.39, 0.29) is 0 Å². The van der Waals surface area contributed by atoms with Crippen molar-refractivity contribution >= 4 is 34.8 Å². The van der Waals surface area contributed by atoms with Crippen LogP contribution in [0.3, 0.4) is 0 Å². The van der Waals surface area contributed by atoms with Crippen LogP contribution in [0.25, 0.3) is 0 Å². The van der Waals surface area contributed by atoms with Crippen molar-refractivity contribution in [3.8, 4) is 5.75 Å². The number of anilines is 1. The van der Waals surface area contributed by atoms with E-state index >= 15 is 0 Å². The van der Waals surface area contributed by atoms with Gasteiger partial charge in [-0.1, -0.05) is 0 Å². The quantitative estimate of drug-likeness (QED) is 0.654. The molecule has 2 rings (SSSR count). The molecule has 0 aliphatic heterocycles. The first-order chi connectivity index (χ1) is 9.11. The number of hydrogen-bond donors (Lipinski definition) is 2. The average Bonchev–Trinajstić information content (AvgIpc) is 2.85. The third-order valence-electron chi connectivity index (χ3n) is 2.51. The van der Waals surface area contributed by atoms with Gasteiger partial charge >= 0.3 is 5.97 Å². The molecule has 100 valence electrons. The highest BCUT2D eigenvalue weighted by Crippen LogP contribution is 2.34. The van der Waals surface area contributed by atoms with Gasteiger partial charge in [0.2, 0.25) is 0 Å². The van der Waals surface area contributed by atoms with Crippen LogP contribution in [0, 0.1) is 0 Å². The molecule has 1 aromatic heterocycles. The number of hydrogen-bond acceptors (Lipinski definition) is 5. The first kappa shape index (κ1) is 13.8. The van der Waals surface area contributed by atoms with Crippen LogP contribution in [0.5, 0.6) is 5.75 Å². The van der Waals surface area contributed by atoms with E-state index in [1.807, 2.05) is 12.1 Å². The van der Waals surface area contributed by atoms with Crippen molar-refractivity contribution in [2.24, 2.45) is 0 Å². The van der Waals surface area contributed by atoms with Crippen LogP contribution in [0.4, 0.5) is 5.69 Å². The van der Waals surface area contributed by atoms with Crippen molar-refractivity contribution in [1.82, 2.24) is 0 Å². The second-order valence-corrected chi connectivity index (χ2v) is 5.71. The number of nitrogen functional groups attached to an aromatic ring is 1. The van der Waals surface area contributed by atoms with Gasteiger partial charge < -0.3 is 15.6 Å². The van der Waals surface area contributed by atoms with E-state index in [2.05, 4.69) is 0 Å². The number of aromatic carboxylic acids is 1. The van der Waals surface area contributed by atoms with Gasteiger partial charge in [0.05, 0.1) is 7.11 Å². The molecule has 0 spiro atoms. The Hall–Kier alpha value is -1.66. The van der Waals surface area contributed by atoms with E-state index < -0.39 is 5.97 Å². The minimum atomic E-state index is -0.880. The van der Waals surface area contributed by atoms with E-state index in [0.717, 1.165) is 10.5 Å². The number of rotatable bonds is 5. The Morgan fingerprint density at radius 1 is 1.47 bits per heavy atom. The van der Waals surface area contributed by atoms with Gasteiger partial charge in [-0.25, -0.2) is 4.79 Å². The fourth-order valence-corrected chi connectivity index (χ4v) is 3.45. The Labute approximate surface area is 119 Å². The van der Waals surface area contributed by atoms with Crippen molar-refractivity contribution in [1.29, 1.82) is 0 Å². The summed E-state index contributed by atoms with van der Waals surface area (Å²) in [5, 5.41) is 10.8. The topological polar surface area (TPSA) is 72.5 Å². The van der Waals surface area contributed by atoms with Crippen LogP contribution >= 0.6 is 23.1 Å².